The molecule has 0 aromatic heterocycles. The third-order valence-electron chi connectivity index (χ3n) is 7.08. The molecule has 1 aromatic rings. The van der Waals surface area contributed by atoms with Gasteiger partial charge >= 0.3 is 0 Å². The standard InChI is InChI=1S/C23H32N4O4/c28-22(26-14-12-25(13-15-26)18-4-3-5-18)16-24-8-10-27(11-9-24)23(29)21-17-30-19-6-1-2-7-20(19)31-21/h1-2,6-7,18,21H,3-5,8-17H2. The van der Waals surface area contributed by atoms with Gasteiger partial charge in [0.2, 0.25) is 12.0 Å². The number of para-hydroxylation sites is 2. The van der Waals surface area contributed by atoms with E-state index in [9.17, 15) is 9.59 Å². The highest BCUT2D eigenvalue weighted by atomic mass is 16.6. The van der Waals surface area contributed by atoms with Gasteiger partial charge in [-0.2, -0.15) is 0 Å². The minimum absolute atomic E-state index is 0.0346. The Hall–Kier alpha value is -2.32. The molecule has 1 aromatic carbocycles. The first-order valence-electron chi connectivity index (χ1n) is 11.6. The summed E-state index contributed by atoms with van der Waals surface area (Å²) in [5, 5.41) is 0. The largest absolute Gasteiger partial charge is 0.485 e. The van der Waals surface area contributed by atoms with E-state index in [-0.39, 0.29) is 18.4 Å². The number of fused-ring (bicyclic) bond motifs is 1. The lowest BCUT2D eigenvalue weighted by atomic mass is 9.91. The van der Waals surface area contributed by atoms with Crippen molar-refractivity contribution in [2.75, 3.05) is 65.5 Å². The predicted octanol–water partition coefficient (Wildman–Crippen LogP) is 0.667. The fourth-order valence-electron chi connectivity index (χ4n) is 4.85. The first kappa shape index (κ1) is 20.6. The zero-order chi connectivity index (χ0) is 21.2. The van der Waals surface area contributed by atoms with E-state index in [4.69, 9.17) is 9.47 Å². The van der Waals surface area contributed by atoms with Crippen LogP contribution in [0.15, 0.2) is 24.3 Å². The number of nitrogens with zero attached hydrogens (tertiary/aromatic N) is 4. The summed E-state index contributed by atoms with van der Waals surface area (Å²) in [5.41, 5.74) is 0. The Kier molecular flexibility index (Phi) is 6.00. The molecular formula is C23H32N4O4. The maximum atomic E-state index is 12.9. The second-order valence-corrected chi connectivity index (χ2v) is 8.97. The molecule has 31 heavy (non-hydrogen) atoms. The predicted molar refractivity (Wildman–Crippen MR) is 115 cm³/mol. The van der Waals surface area contributed by atoms with Gasteiger partial charge in [0.15, 0.2) is 11.5 Å². The molecule has 0 radical (unpaired) electrons. The summed E-state index contributed by atoms with van der Waals surface area (Å²) < 4.78 is 11.5. The molecule has 1 aliphatic carbocycles. The van der Waals surface area contributed by atoms with Crippen molar-refractivity contribution in [1.82, 2.24) is 19.6 Å². The summed E-state index contributed by atoms with van der Waals surface area (Å²) in [6.45, 7) is 7.03. The van der Waals surface area contributed by atoms with Crippen LogP contribution < -0.4 is 9.47 Å². The van der Waals surface area contributed by atoms with Crippen molar-refractivity contribution >= 4 is 11.8 Å². The van der Waals surface area contributed by atoms with Gasteiger partial charge in [0.05, 0.1) is 6.54 Å². The number of hydrogen-bond acceptors (Lipinski definition) is 6. The van der Waals surface area contributed by atoms with Crippen molar-refractivity contribution in [1.29, 1.82) is 0 Å². The van der Waals surface area contributed by atoms with Crippen molar-refractivity contribution < 1.29 is 19.1 Å². The molecule has 1 saturated carbocycles. The van der Waals surface area contributed by atoms with Gasteiger partial charge in [0.1, 0.15) is 6.61 Å². The molecule has 8 heteroatoms. The van der Waals surface area contributed by atoms with Crippen LogP contribution in [0.25, 0.3) is 0 Å². The third kappa shape index (κ3) is 4.50. The van der Waals surface area contributed by atoms with Crippen LogP contribution in [-0.2, 0) is 9.59 Å². The Morgan fingerprint density at radius 3 is 2.23 bits per heavy atom. The molecule has 3 heterocycles. The van der Waals surface area contributed by atoms with Crippen molar-refractivity contribution in [3.05, 3.63) is 24.3 Å². The molecule has 168 valence electrons. The van der Waals surface area contributed by atoms with Gasteiger partial charge in [-0.1, -0.05) is 18.6 Å². The SMILES string of the molecule is O=C(CN1CCN(C(=O)C2COc3ccccc3O2)CC1)N1CCN(C2CCC2)CC1. The van der Waals surface area contributed by atoms with Crippen LogP contribution in [0.3, 0.4) is 0 Å². The minimum Gasteiger partial charge on any atom is -0.485 e. The van der Waals surface area contributed by atoms with Crippen LogP contribution in [0.4, 0.5) is 0 Å². The van der Waals surface area contributed by atoms with Crippen LogP contribution in [0.1, 0.15) is 19.3 Å². The van der Waals surface area contributed by atoms with Gasteiger partial charge in [-0.05, 0) is 25.0 Å². The molecule has 3 fully saturated rings. The topological polar surface area (TPSA) is 65.6 Å². The zero-order valence-corrected chi connectivity index (χ0v) is 18.1. The Morgan fingerprint density at radius 1 is 0.871 bits per heavy atom. The Labute approximate surface area is 183 Å². The number of amides is 2. The molecule has 1 unspecified atom stereocenters. The number of rotatable bonds is 4. The number of ether oxygens (including phenoxy) is 2. The quantitative estimate of drug-likeness (QED) is 0.702. The monoisotopic (exact) mass is 428 g/mol. The van der Waals surface area contributed by atoms with Crippen molar-refractivity contribution in [3.63, 3.8) is 0 Å². The van der Waals surface area contributed by atoms with E-state index in [0.29, 0.717) is 44.2 Å². The minimum atomic E-state index is -0.602. The van der Waals surface area contributed by atoms with Crippen molar-refractivity contribution in [2.24, 2.45) is 0 Å². The highest BCUT2D eigenvalue weighted by molar-refractivity contribution is 5.82. The molecule has 4 aliphatic rings. The van der Waals surface area contributed by atoms with E-state index in [0.717, 1.165) is 32.2 Å². The molecule has 2 amide bonds. The van der Waals surface area contributed by atoms with Gasteiger partial charge in [-0.15, -0.1) is 0 Å². The van der Waals surface area contributed by atoms with Gasteiger partial charge in [0, 0.05) is 58.4 Å². The summed E-state index contributed by atoms with van der Waals surface area (Å²) in [6.07, 6.45) is 3.39. The van der Waals surface area contributed by atoms with Crippen LogP contribution in [-0.4, -0.2) is 109 Å². The maximum Gasteiger partial charge on any atom is 0.267 e. The Balaban J connectivity index is 1.05. The maximum absolute atomic E-state index is 12.9. The number of hydrogen-bond donors (Lipinski definition) is 0. The highest BCUT2D eigenvalue weighted by Gasteiger charge is 2.34. The summed E-state index contributed by atoms with van der Waals surface area (Å²) in [6, 6.07) is 8.19. The van der Waals surface area contributed by atoms with Gasteiger partial charge in [-0.3, -0.25) is 19.4 Å². The van der Waals surface area contributed by atoms with E-state index in [2.05, 4.69) is 9.80 Å². The van der Waals surface area contributed by atoms with Gasteiger partial charge in [-0.25, -0.2) is 0 Å². The molecule has 1 atom stereocenters. The Morgan fingerprint density at radius 2 is 1.55 bits per heavy atom. The van der Waals surface area contributed by atoms with E-state index < -0.39 is 6.10 Å². The second kappa shape index (κ2) is 9.04. The highest BCUT2D eigenvalue weighted by Crippen LogP contribution is 2.31. The average molecular weight is 429 g/mol. The Bertz CT molecular complexity index is 799. The first-order chi connectivity index (χ1) is 15.2. The lowest BCUT2D eigenvalue weighted by Gasteiger charge is -2.43. The first-order valence-corrected chi connectivity index (χ1v) is 11.6. The molecule has 2 saturated heterocycles. The van der Waals surface area contributed by atoms with Gasteiger partial charge < -0.3 is 19.3 Å². The summed E-state index contributed by atoms with van der Waals surface area (Å²) in [7, 11) is 0. The number of carbonyl (C=O) groups is 2. The fourth-order valence-corrected chi connectivity index (χ4v) is 4.85. The van der Waals surface area contributed by atoms with E-state index in [1.54, 1.807) is 0 Å². The molecule has 5 rings (SSSR count). The third-order valence-corrected chi connectivity index (χ3v) is 7.08. The number of piperazine rings is 2. The summed E-state index contributed by atoms with van der Waals surface area (Å²) in [4.78, 5) is 34.2. The molecule has 8 nitrogen and oxygen atoms in total. The van der Waals surface area contributed by atoms with E-state index in [1.807, 2.05) is 34.1 Å². The smallest absolute Gasteiger partial charge is 0.267 e. The van der Waals surface area contributed by atoms with Crippen LogP contribution in [0.2, 0.25) is 0 Å². The average Bonchev–Trinajstić information content (AvgIpc) is 2.78. The van der Waals surface area contributed by atoms with Crippen LogP contribution in [0, 0.1) is 0 Å². The lowest BCUT2D eigenvalue weighted by Crippen LogP contribution is -2.57. The zero-order valence-electron chi connectivity index (χ0n) is 18.1. The molecule has 0 spiro atoms. The van der Waals surface area contributed by atoms with Crippen LogP contribution in [0.5, 0.6) is 11.5 Å². The van der Waals surface area contributed by atoms with E-state index >= 15 is 0 Å². The van der Waals surface area contributed by atoms with Crippen molar-refractivity contribution in [3.8, 4) is 11.5 Å². The molecule has 0 N–H and O–H groups in total. The number of benzene rings is 1. The lowest BCUT2D eigenvalue weighted by molar-refractivity contribution is -0.143. The summed E-state index contributed by atoms with van der Waals surface area (Å²) in [5.74, 6) is 1.48. The fraction of sp³-hybridized carbons (Fsp3) is 0.652. The second-order valence-electron chi connectivity index (χ2n) is 8.97. The molecule has 0 bridgehead atoms. The van der Waals surface area contributed by atoms with Crippen LogP contribution >= 0.6 is 0 Å². The van der Waals surface area contributed by atoms with Crippen molar-refractivity contribution in [2.45, 2.75) is 31.4 Å². The normalized spacial score (nSPS) is 25.2. The number of carbonyl (C=O) groups excluding carboxylic acids is 2. The van der Waals surface area contributed by atoms with Gasteiger partial charge in [0.25, 0.3) is 5.91 Å². The summed E-state index contributed by atoms with van der Waals surface area (Å²) >= 11 is 0. The molecular weight excluding hydrogens is 396 g/mol. The van der Waals surface area contributed by atoms with E-state index in [1.165, 1.54) is 19.3 Å². The molecule has 3 aliphatic heterocycles.